The van der Waals surface area contributed by atoms with Gasteiger partial charge in [-0.1, -0.05) is 48.5 Å². The Kier molecular flexibility index (Phi) is 2.84. The molecule has 0 bridgehead atoms. The van der Waals surface area contributed by atoms with Crippen LogP contribution < -0.4 is 0 Å². The highest BCUT2D eigenvalue weighted by molar-refractivity contribution is 5.94. The Labute approximate surface area is 111 Å². The average Bonchev–Trinajstić information content (AvgIpc) is 2.71. The summed E-state index contributed by atoms with van der Waals surface area (Å²) in [7, 11) is 0. The number of carbonyl (C=O) groups is 1. The van der Waals surface area contributed by atoms with Crippen molar-refractivity contribution in [2.75, 3.05) is 0 Å². The lowest BCUT2D eigenvalue weighted by Gasteiger charge is -2.22. The summed E-state index contributed by atoms with van der Waals surface area (Å²) in [6.45, 7) is 0. The van der Waals surface area contributed by atoms with Gasteiger partial charge in [0.1, 0.15) is 0 Å². The Balaban J connectivity index is 1.83. The van der Waals surface area contributed by atoms with Gasteiger partial charge in [-0.05, 0) is 18.1 Å². The molecule has 0 fully saturated rings. The SMILES string of the molecule is O=C1OC(O)(CCc2ccccc2)c2ccccc21. The number of rotatable bonds is 3. The average molecular weight is 254 g/mol. The fourth-order valence-corrected chi connectivity index (χ4v) is 2.41. The second-order valence-electron chi connectivity index (χ2n) is 4.71. The molecule has 0 spiro atoms. The molecule has 0 saturated heterocycles. The lowest BCUT2D eigenvalue weighted by atomic mass is 9.96. The van der Waals surface area contributed by atoms with Crippen LogP contribution in [-0.2, 0) is 16.9 Å². The van der Waals surface area contributed by atoms with Crippen molar-refractivity contribution in [1.82, 2.24) is 0 Å². The molecular formula is C16H14O3. The number of aliphatic hydroxyl groups is 1. The van der Waals surface area contributed by atoms with Gasteiger partial charge in [-0.15, -0.1) is 0 Å². The number of hydrogen-bond acceptors (Lipinski definition) is 3. The van der Waals surface area contributed by atoms with E-state index in [9.17, 15) is 9.90 Å². The van der Waals surface area contributed by atoms with Gasteiger partial charge < -0.3 is 9.84 Å². The smallest absolute Gasteiger partial charge is 0.341 e. The number of hydrogen-bond donors (Lipinski definition) is 1. The lowest BCUT2D eigenvalue weighted by molar-refractivity contribution is -0.167. The van der Waals surface area contributed by atoms with Gasteiger partial charge >= 0.3 is 5.97 Å². The third kappa shape index (κ3) is 2.13. The summed E-state index contributed by atoms with van der Waals surface area (Å²) in [5, 5.41) is 10.5. The second kappa shape index (κ2) is 4.52. The molecule has 0 aliphatic carbocycles. The zero-order valence-electron chi connectivity index (χ0n) is 10.4. The molecule has 0 amide bonds. The van der Waals surface area contributed by atoms with Gasteiger partial charge in [-0.2, -0.15) is 0 Å². The van der Waals surface area contributed by atoms with Gasteiger partial charge in [0.2, 0.25) is 5.79 Å². The van der Waals surface area contributed by atoms with Crippen molar-refractivity contribution in [3.8, 4) is 0 Å². The van der Waals surface area contributed by atoms with Gasteiger partial charge in [0.25, 0.3) is 0 Å². The van der Waals surface area contributed by atoms with Crippen molar-refractivity contribution >= 4 is 5.97 Å². The number of fused-ring (bicyclic) bond motifs is 1. The fraction of sp³-hybridized carbons (Fsp3) is 0.188. The maximum atomic E-state index is 11.7. The molecule has 1 aliphatic heterocycles. The molecule has 1 unspecified atom stereocenters. The number of aryl methyl sites for hydroxylation is 1. The van der Waals surface area contributed by atoms with E-state index in [4.69, 9.17) is 4.74 Å². The van der Waals surface area contributed by atoms with E-state index in [0.29, 0.717) is 24.0 Å². The van der Waals surface area contributed by atoms with Crippen molar-refractivity contribution in [2.24, 2.45) is 0 Å². The summed E-state index contributed by atoms with van der Waals surface area (Å²) in [4.78, 5) is 11.7. The Hall–Kier alpha value is -2.13. The van der Waals surface area contributed by atoms with Crippen molar-refractivity contribution in [3.63, 3.8) is 0 Å². The van der Waals surface area contributed by atoms with Crippen LogP contribution in [0.1, 0.15) is 27.9 Å². The van der Waals surface area contributed by atoms with Crippen molar-refractivity contribution < 1.29 is 14.6 Å². The molecule has 96 valence electrons. The minimum atomic E-state index is -1.50. The van der Waals surface area contributed by atoms with Crippen molar-refractivity contribution in [1.29, 1.82) is 0 Å². The summed E-state index contributed by atoms with van der Waals surface area (Å²) in [6.07, 6.45) is 1.01. The third-order valence-corrected chi connectivity index (χ3v) is 3.42. The third-order valence-electron chi connectivity index (χ3n) is 3.42. The van der Waals surface area contributed by atoms with Crippen LogP contribution in [0.3, 0.4) is 0 Å². The molecule has 0 saturated carbocycles. The molecular weight excluding hydrogens is 240 g/mol. The van der Waals surface area contributed by atoms with Gasteiger partial charge in [0.05, 0.1) is 5.56 Å². The van der Waals surface area contributed by atoms with Crippen LogP contribution in [0, 0.1) is 0 Å². The van der Waals surface area contributed by atoms with E-state index in [0.717, 1.165) is 5.56 Å². The molecule has 3 heteroatoms. The number of esters is 1. The van der Waals surface area contributed by atoms with Crippen LogP contribution in [0.2, 0.25) is 0 Å². The second-order valence-corrected chi connectivity index (χ2v) is 4.71. The molecule has 2 aromatic rings. The Morgan fingerprint density at radius 2 is 1.68 bits per heavy atom. The Bertz CT molecular complexity index is 606. The van der Waals surface area contributed by atoms with Gasteiger partial charge in [-0.3, -0.25) is 0 Å². The van der Waals surface area contributed by atoms with E-state index >= 15 is 0 Å². The predicted molar refractivity (Wildman–Crippen MR) is 70.5 cm³/mol. The van der Waals surface area contributed by atoms with Crippen molar-refractivity contribution in [3.05, 3.63) is 71.3 Å². The number of cyclic esters (lactones) is 1. The summed E-state index contributed by atoms with van der Waals surface area (Å²) in [5.74, 6) is -1.95. The zero-order valence-corrected chi connectivity index (χ0v) is 10.4. The molecule has 1 aliphatic rings. The normalized spacial score (nSPS) is 21.0. The van der Waals surface area contributed by atoms with E-state index in [1.807, 2.05) is 30.3 Å². The predicted octanol–water partition coefficient (Wildman–Crippen LogP) is 2.63. The highest BCUT2D eigenvalue weighted by Gasteiger charge is 2.43. The summed E-state index contributed by atoms with van der Waals surface area (Å²) in [5.41, 5.74) is 2.13. The number of ether oxygens (including phenoxy) is 1. The van der Waals surface area contributed by atoms with E-state index < -0.39 is 11.8 Å². The number of benzene rings is 2. The van der Waals surface area contributed by atoms with Gasteiger partial charge in [0, 0.05) is 12.0 Å². The minimum absolute atomic E-state index is 0.361. The largest absolute Gasteiger partial charge is 0.425 e. The maximum Gasteiger partial charge on any atom is 0.341 e. The van der Waals surface area contributed by atoms with Gasteiger partial charge in [-0.25, -0.2) is 4.79 Å². The maximum absolute atomic E-state index is 11.7. The first kappa shape index (κ1) is 11.9. The first-order chi connectivity index (χ1) is 9.19. The van der Waals surface area contributed by atoms with E-state index in [1.165, 1.54) is 0 Å². The fourth-order valence-electron chi connectivity index (χ4n) is 2.41. The molecule has 2 aromatic carbocycles. The topological polar surface area (TPSA) is 46.5 Å². The van der Waals surface area contributed by atoms with Crippen LogP contribution in [0.25, 0.3) is 0 Å². The lowest BCUT2D eigenvalue weighted by Crippen LogP contribution is -2.26. The van der Waals surface area contributed by atoms with E-state index in [2.05, 4.69) is 0 Å². The molecule has 0 aromatic heterocycles. The molecule has 3 nitrogen and oxygen atoms in total. The Morgan fingerprint density at radius 1 is 1.00 bits per heavy atom. The van der Waals surface area contributed by atoms with E-state index in [-0.39, 0.29) is 0 Å². The molecule has 1 atom stereocenters. The molecule has 3 rings (SSSR count). The van der Waals surface area contributed by atoms with Crippen LogP contribution in [0.5, 0.6) is 0 Å². The molecule has 19 heavy (non-hydrogen) atoms. The highest BCUT2D eigenvalue weighted by Crippen LogP contribution is 2.37. The first-order valence-corrected chi connectivity index (χ1v) is 6.28. The van der Waals surface area contributed by atoms with Crippen molar-refractivity contribution in [2.45, 2.75) is 18.6 Å². The highest BCUT2D eigenvalue weighted by atomic mass is 16.7. The Morgan fingerprint density at radius 3 is 2.47 bits per heavy atom. The van der Waals surface area contributed by atoms with Crippen LogP contribution in [0.4, 0.5) is 0 Å². The van der Waals surface area contributed by atoms with Crippen LogP contribution in [0.15, 0.2) is 54.6 Å². The first-order valence-electron chi connectivity index (χ1n) is 6.28. The quantitative estimate of drug-likeness (QED) is 0.856. The molecule has 1 heterocycles. The monoisotopic (exact) mass is 254 g/mol. The van der Waals surface area contributed by atoms with Crippen LogP contribution >= 0.6 is 0 Å². The van der Waals surface area contributed by atoms with Crippen LogP contribution in [-0.4, -0.2) is 11.1 Å². The summed E-state index contributed by atoms with van der Waals surface area (Å²) >= 11 is 0. The van der Waals surface area contributed by atoms with E-state index in [1.54, 1.807) is 24.3 Å². The van der Waals surface area contributed by atoms with Gasteiger partial charge in [0.15, 0.2) is 0 Å². The molecule has 1 N–H and O–H groups in total. The summed E-state index contributed by atoms with van der Waals surface area (Å²) < 4.78 is 5.16. The standard InChI is InChI=1S/C16H14O3/c17-15-13-8-4-5-9-14(13)16(18,19-15)11-10-12-6-2-1-3-7-12/h1-9,18H,10-11H2. The minimum Gasteiger partial charge on any atom is -0.425 e. The summed E-state index contributed by atoms with van der Waals surface area (Å²) in [6, 6.07) is 16.8. The number of carbonyl (C=O) groups excluding carboxylic acids is 1. The zero-order chi connectivity index (χ0) is 13.3. The molecule has 0 radical (unpaired) electrons.